The van der Waals surface area contributed by atoms with E-state index in [2.05, 4.69) is 10.0 Å². The molecule has 0 saturated carbocycles. The summed E-state index contributed by atoms with van der Waals surface area (Å²) in [6.45, 7) is 6.04. The van der Waals surface area contributed by atoms with E-state index < -0.39 is 21.5 Å². The highest BCUT2D eigenvalue weighted by molar-refractivity contribution is 7.89. The van der Waals surface area contributed by atoms with Gasteiger partial charge in [-0.2, -0.15) is 0 Å². The van der Waals surface area contributed by atoms with Gasteiger partial charge in [-0.1, -0.05) is 6.07 Å². The average Bonchev–Trinajstić information content (AvgIpc) is 2.65. The maximum atomic E-state index is 12.7. The molecule has 29 heavy (non-hydrogen) atoms. The highest BCUT2D eigenvalue weighted by atomic mass is 32.2. The molecule has 3 rings (SSSR count). The Balaban J connectivity index is 1.85. The summed E-state index contributed by atoms with van der Waals surface area (Å²) in [6, 6.07) is 9.16. The Kier molecular flexibility index (Phi) is 5.72. The highest BCUT2D eigenvalue weighted by Crippen LogP contribution is 2.40. The van der Waals surface area contributed by atoms with Crippen molar-refractivity contribution in [2.24, 2.45) is 0 Å². The number of fused-ring (bicyclic) bond motifs is 1. The molecule has 1 aliphatic rings. The first-order valence-electron chi connectivity index (χ1n) is 9.02. The van der Waals surface area contributed by atoms with Crippen LogP contribution in [0.3, 0.4) is 0 Å². The van der Waals surface area contributed by atoms with Crippen molar-refractivity contribution < 1.29 is 27.4 Å². The molecular formula is C20H24N2O6S. The molecular weight excluding hydrogens is 396 g/mol. The Morgan fingerprint density at radius 2 is 1.83 bits per heavy atom. The van der Waals surface area contributed by atoms with Gasteiger partial charge in [-0.05, 0) is 51.1 Å². The van der Waals surface area contributed by atoms with Crippen LogP contribution < -0.4 is 24.2 Å². The molecule has 1 aliphatic heterocycles. The topological polar surface area (TPSA) is 103 Å². The van der Waals surface area contributed by atoms with Crippen molar-refractivity contribution in [2.45, 2.75) is 31.2 Å². The van der Waals surface area contributed by atoms with Crippen LogP contribution in [0.25, 0.3) is 0 Å². The molecule has 0 aliphatic carbocycles. The molecule has 0 unspecified atom stereocenters. The molecule has 8 nitrogen and oxygen atoms in total. The normalized spacial score (nSPS) is 13.7. The summed E-state index contributed by atoms with van der Waals surface area (Å²) in [6.07, 6.45) is 0. The van der Waals surface area contributed by atoms with Crippen LogP contribution in [0.1, 0.15) is 31.1 Å². The summed E-state index contributed by atoms with van der Waals surface area (Å²) >= 11 is 0. The number of hydrogen-bond acceptors (Lipinski definition) is 6. The summed E-state index contributed by atoms with van der Waals surface area (Å²) in [5.41, 5.74) is 0.0210. The maximum absolute atomic E-state index is 12.7. The minimum Gasteiger partial charge on any atom is -0.493 e. The Bertz CT molecular complexity index is 1010. The summed E-state index contributed by atoms with van der Waals surface area (Å²) < 4.78 is 44.0. The predicted octanol–water partition coefficient (Wildman–Crippen LogP) is 2.80. The number of hydrogen-bond donors (Lipinski definition) is 2. The van der Waals surface area contributed by atoms with Gasteiger partial charge in [-0.15, -0.1) is 0 Å². The molecule has 0 atom stereocenters. The zero-order valence-electron chi connectivity index (χ0n) is 16.7. The van der Waals surface area contributed by atoms with E-state index in [1.807, 2.05) is 0 Å². The molecule has 1 amide bonds. The fraction of sp³-hybridized carbons (Fsp3) is 0.350. The standard InChI is InChI=1S/C20H24N2O6S/c1-20(2,3)22-29(24,25)15-7-5-6-14(12-15)21-19(23)13-10-16(26-4)18-17(11-13)27-8-9-28-18/h5-7,10-12,22H,8-9H2,1-4H3,(H,21,23). The second-order valence-electron chi connectivity index (χ2n) is 7.54. The van der Waals surface area contributed by atoms with Crippen molar-refractivity contribution in [3.63, 3.8) is 0 Å². The van der Waals surface area contributed by atoms with Gasteiger partial charge in [0.2, 0.25) is 15.8 Å². The maximum Gasteiger partial charge on any atom is 0.255 e. The van der Waals surface area contributed by atoms with Gasteiger partial charge in [0.1, 0.15) is 13.2 Å². The number of rotatable bonds is 5. The van der Waals surface area contributed by atoms with Crippen LogP contribution in [0.15, 0.2) is 41.3 Å². The van der Waals surface area contributed by atoms with Crippen LogP contribution in [0.2, 0.25) is 0 Å². The van der Waals surface area contributed by atoms with Gasteiger partial charge in [-0.3, -0.25) is 4.79 Å². The number of nitrogens with one attached hydrogen (secondary N) is 2. The van der Waals surface area contributed by atoms with Gasteiger partial charge in [0.15, 0.2) is 11.5 Å². The third-order valence-electron chi connectivity index (χ3n) is 3.93. The number of carbonyl (C=O) groups is 1. The van der Waals surface area contributed by atoms with E-state index in [1.165, 1.54) is 19.2 Å². The molecule has 0 aromatic heterocycles. The smallest absolute Gasteiger partial charge is 0.255 e. The minimum atomic E-state index is -3.72. The third-order valence-corrected chi connectivity index (χ3v) is 5.69. The first-order valence-corrected chi connectivity index (χ1v) is 10.5. The van der Waals surface area contributed by atoms with E-state index in [1.54, 1.807) is 45.0 Å². The SMILES string of the molecule is COc1cc(C(=O)Nc2cccc(S(=O)(=O)NC(C)(C)C)c2)cc2c1OCCO2. The fourth-order valence-electron chi connectivity index (χ4n) is 2.81. The lowest BCUT2D eigenvalue weighted by atomic mass is 10.1. The van der Waals surface area contributed by atoms with Crippen molar-refractivity contribution in [2.75, 3.05) is 25.6 Å². The van der Waals surface area contributed by atoms with Crippen LogP contribution in [0.4, 0.5) is 5.69 Å². The molecule has 2 aromatic rings. The molecule has 0 radical (unpaired) electrons. The zero-order chi connectivity index (χ0) is 21.2. The Hall–Kier alpha value is -2.78. The van der Waals surface area contributed by atoms with E-state index >= 15 is 0 Å². The second-order valence-corrected chi connectivity index (χ2v) is 9.22. The second kappa shape index (κ2) is 7.92. The molecule has 0 fully saturated rings. The van der Waals surface area contributed by atoms with E-state index in [4.69, 9.17) is 14.2 Å². The van der Waals surface area contributed by atoms with Crippen LogP contribution in [0, 0.1) is 0 Å². The Morgan fingerprint density at radius 3 is 2.52 bits per heavy atom. The summed E-state index contributed by atoms with van der Waals surface area (Å²) in [5.74, 6) is 0.833. The van der Waals surface area contributed by atoms with Gasteiger partial charge in [-0.25, -0.2) is 13.1 Å². The predicted molar refractivity (Wildman–Crippen MR) is 108 cm³/mol. The lowest BCUT2D eigenvalue weighted by Gasteiger charge is -2.21. The van der Waals surface area contributed by atoms with Gasteiger partial charge >= 0.3 is 0 Å². The van der Waals surface area contributed by atoms with Crippen molar-refractivity contribution in [1.29, 1.82) is 0 Å². The number of methoxy groups -OCH3 is 1. The Labute approximate surface area is 170 Å². The van der Waals surface area contributed by atoms with Crippen LogP contribution in [-0.2, 0) is 10.0 Å². The minimum absolute atomic E-state index is 0.0602. The van der Waals surface area contributed by atoms with Crippen LogP contribution >= 0.6 is 0 Å². The van der Waals surface area contributed by atoms with E-state index in [0.717, 1.165) is 0 Å². The summed E-state index contributed by atoms with van der Waals surface area (Å²) in [4.78, 5) is 12.8. The zero-order valence-corrected chi connectivity index (χ0v) is 17.6. The highest BCUT2D eigenvalue weighted by Gasteiger charge is 2.23. The number of anilines is 1. The lowest BCUT2D eigenvalue weighted by Crippen LogP contribution is -2.40. The van der Waals surface area contributed by atoms with Crippen molar-refractivity contribution >= 4 is 21.6 Å². The molecule has 0 spiro atoms. The largest absolute Gasteiger partial charge is 0.493 e. The van der Waals surface area contributed by atoms with Crippen LogP contribution in [0.5, 0.6) is 17.2 Å². The molecule has 1 heterocycles. The van der Waals surface area contributed by atoms with Gasteiger partial charge in [0.05, 0.1) is 12.0 Å². The van der Waals surface area contributed by atoms with E-state index in [0.29, 0.717) is 41.7 Å². The average molecular weight is 420 g/mol. The monoisotopic (exact) mass is 420 g/mol. The molecule has 156 valence electrons. The number of amides is 1. The lowest BCUT2D eigenvalue weighted by molar-refractivity contribution is 0.102. The quantitative estimate of drug-likeness (QED) is 0.771. The van der Waals surface area contributed by atoms with Crippen LogP contribution in [-0.4, -0.2) is 40.2 Å². The molecule has 0 bridgehead atoms. The number of carbonyl (C=O) groups excluding carboxylic acids is 1. The number of benzene rings is 2. The number of ether oxygens (including phenoxy) is 3. The summed E-state index contributed by atoms with van der Waals surface area (Å²) in [5, 5.41) is 2.71. The van der Waals surface area contributed by atoms with Crippen molar-refractivity contribution in [3.8, 4) is 17.2 Å². The molecule has 2 aromatic carbocycles. The van der Waals surface area contributed by atoms with E-state index in [-0.39, 0.29) is 4.90 Å². The first kappa shape index (κ1) is 20.9. The Morgan fingerprint density at radius 1 is 1.10 bits per heavy atom. The number of sulfonamides is 1. The van der Waals surface area contributed by atoms with Crippen molar-refractivity contribution in [1.82, 2.24) is 4.72 Å². The van der Waals surface area contributed by atoms with Gasteiger partial charge in [0, 0.05) is 16.8 Å². The summed E-state index contributed by atoms with van der Waals surface area (Å²) in [7, 11) is -2.24. The van der Waals surface area contributed by atoms with Gasteiger partial charge < -0.3 is 19.5 Å². The fourth-order valence-corrected chi connectivity index (χ4v) is 4.27. The first-order chi connectivity index (χ1) is 13.6. The third kappa shape index (κ3) is 4.99. The van der Waals surface area contributed by atoms with Crippen molar-refractivity contribution in [3.05, 3.63) is 42.0 Å². The van der Waals surface area contributed by atoms with Gasteiger partial charge in [0.25, 0.3) is 5.91 Å². The molecule has 2 N–H and O–H groups in total. The molecule has 0 saturated heterocycles. The van der Waals surface area contributed by atoms with E-state index in [9.17, 15) is 13.2 Å². The molecule has 9 heteroatoms.